The zero-order valence-electron chi connectivity index (χ0n) is 11.2. The molecule has 21 heavy (non-hydrogen) atoms. The molecule has 2 aromatic carbocycles. The maximum absolute atomic E-state index is 12.6. The predicted molar refractivity (Wildman–Crippen MR) is 87.1 cm³/mol. The largest absolute Gasteiger partial charge is 0.495 e. The first-order valence-corrected chi connectivity index (χ1v) is 7.44. The third-order valence-corrected chi connectivity index (χ3v) is 3.89. The Morgan fingerprint density at radius 2 is 1.81 bits per heavy atom. The fraction of sp³-hybridized carbons (Fsp3) is 0.133. The molecule has 0 spiro atoms. The summed E-state index contributed by atoms with van der Waals surface area (Å²) in [6.07, 6.45) is 0. The first-order valence-electron chi connectivity index (χ1n) is 5.89. The van der Waals surface area contributed by atoms with Crippen LogP contribution in [0, 0.1) is 0 Å². The molecule has 2 rings (SSSR count). The van der Waals surface area contributed by atoms with Crippen molar-refractivity contribution in [1.29, 1.82) is 0 Å². The maximum Gasteiger partial charge on any atom is 0.196 e. The van der Waals surface area contributed by atoms with E-state index in [0.717, 1.165) is 4.47 Å². The monoisotopic (exact) mass is 388 g/mol. The molecule has 0 heterocycles. The lowest BCUT2D eigenvalue weighted by Gasteiger charge is -2.12. The molecular weight excluding hydrogens is 379 g/mol. The third kappa shape index (κ3) is 3.34. The van der Waals surface area contributed by atoms with E-state index in [1.807, 2.05) is 0 Å². The SMILES string of the molecule is COc1ccc(C(=O)c2cc(Cl)cc(Br)c2)c(OC)c1Cl. The van der Waals surface area contributed by atoms with Crippen LogP contribution >= 0.6 is 39.1 Å². The van der Waals surface area contributed by atoms with Gasteiger partial charge >= 0.3 is 0 Å². The topological polar surface area (TPSA) is 35.5 Å². The minimum Gasteiger partial charge on any atom is -0.495 e. The Morgan fingerprint density at radius 1 is 1.10 bits per heavy atom. The molecule has 0 N–H and O–H groups in total. The Balaban J connectivity index is 2.55. The van der Waals surface area contributed by atoms with Gasteiger partial charge in [-0.05, 0) is 30.3 Å². The summed E-state index contributed by atoms with van der Waals surface area (Å²) in [6.45, 7) is 0. The zero-order valence-corrected chi connectivity index (χ0v) is 14.3. The Bertz CT molecular complexity index is 681. The number of carbonyl (C=O) groups excluding carboxylic acids is 1. The van der Waals surface area contributed by atoms with Gasteiger partial charge in [-0.2, -0.15) is 0 Å². The number of methoxy groups -OCH3 is 2. The van der Waals surface area contributed by atoms with E-state index in [4.69, 9.17) is 32.7 Å². The van der Waals surface area contributed by atoms with E-state index in [1.165, 1.54) is 14.2 Å². The lowest BCUT2D eigenvalue weighted by atomic mass is 10.0. The first kappa shape index (κ1) is 16.1. The fourth-order valence-corrected chi connectivity index (χ4v) is 3.09. The quantitative estimate of drug-likeness (QED) is 0.690. The minimum absolute atomic E-state index is 0.236. The number of ketones is 1. The summed E-state index contributed by atoms with van der Waals surface area (Å²) in [4.78, 5) is 12.6. The Labute approximate surface area is 140 Å². The molecule has 0 unspecified atom stereocenters. The van der Waals surface area contributed by atoms with Gasteiger partial charge in [0.15, 0.2) is 11.5 Å². The van der Waals surface area contributed by atoms with Gasteiger partial charge in [0.25, 0.3) is 0 Å². The van der Waals surface area contributed by atoms with E-state index in [0.29, 0.717) is 21.9 Å². The standard InChI is InChI=1S/C15H11BrCl2O3/c1-20-12-4-3-11(15(21-2)13(12)18)14(19)8-5-9(16)7-10(17)6-8/h3-7H,1-2H3. The van der Waals surface area contributed by atoms with Crippen molar-refractivity contribution >= 4 is 44.9 Å². The van der Waals surface area contributed by atoms with Gasteiger partial charge in [-0.15, -0.1) is 0 Å². The summed E-state index contributed by atoms with van der Waals surface area (Å²) in [5.74, 6) is 0.481. The number of halogens is 3. The van der Waals surface area contributed by atoms with Crippen molar-refractivity contribution in [3.05, 3.63) is 56.0 Å². The summed E-state index contributed by atoms with van der Waals surface area (Å²) in [7, 11) is 2.95. The second-order valence-electron chi connectivity index (χ2n) is 4.15. The molecule has 6 heteroatoms. The molecular formula is C15H11BrCl2O3. The molecule has 0 saturated heterocycles. The summed E-state index contributed by atoms with van der Waals surface area (Å²) in [5.41, 5.74) is 0.784. The summed E-state index contributed by atoms with van der Waals surface area (Å²) in [6, 6.07) is 8.22. The van der Waals surface area contributed by atoms with Crippen LogP contribution in [0.2, 0.25) is 10.0 Å². The van der Waals surface area contributed by atoms with E-state index in [-0.39, 0.29) is 16.6 Å². The lowest BCUT2D eigenvalue weighted by molar-refractivity contribution is 0.103. The second-order valence-corrected chi connectivity index (χ2v) is 5.88. The average molecular weight is 390 g/mol. The van der Waals surface area contributed by atoms with Crippen LogP contribution in [0.1, 0.15) is 15.9 Å². The molecule has 0 radical (unpaired) electrons. The summed E-state index contributed by atoms with van der Waals surface area (Å²) >= 11 is 15.5. The highest BCUT2D eigenvalue weighted by Crippen LogP contribution is 2.38. The van der Waals surface area contributed by atoms with Gasteiger partial charge in [-0.25, -0.2) is 0 Å². The van der Waals surface area contributed by atoms with Gasteiger partial charge < -0.3 is 9.47 Å². The van der Waals surface area contributed by atoms with Crippen LogP contribution < -0.4 is 9.47 Å². The van der Waals surface area contributed by atoms with E-state index < -0.39 is 0 Å². The highest BCUT2D eigenvalue weighted by molar-refractivity contribution is 9.10. The van der Waals surface area contributed by atoms with E-state index >= 15 is 0 Å². The Morgan fingerprint density at radius 3 is 2.38 bits per heavy atom. The van der Waals surface area contributed by atoms with Crippen LogP contribution in [0.25, 0.3) is 0 Å². The van der Waals surface area contributed by atoms with Gasteiger partial charge in [0, 0.05) is 15.1 Å². The van der Waals surface area contributed by atoms with Crippen LogP contribution in [0.4, 0.5) is 0 Å². The average Bonchev–Trinajstić information content (AvgIpc) is 2.45. The summed E-state index contributed by atoms with van der Waals surface area (Å²) < 4.78 is 11.1. The molecule has 3 nitrogen and oxygen atoms in total. The van der Waals surface area contributed by atoms with Crippen molar-refractivity contribution in [3.63, 3.8) is 0 Å². The number of carbonyl (C=O) groups is 1. The number of benzene rings is 2. The number of ether oxygens (including phenoxy) is 2. The molecule has 0 aliphatic heterocycles. The molecule has 0 aromatic heterocycles. The molecule has 0 fully saturated rings. The molecule has 110 valence electrons. The zero-order chi connectivity index (χ0) is 15.6. The number of hydrogen-bond acceptors (Lipinski definition) is 3. The normalized spacial score (nSPS) is 10.3. The smallest absolute Gasteiger partial charge is 0.196 e. The van der Waals surface area contributed by atoms with Crippen LogP contribution in [0.5, 0.6) is 11.5 Å². The van der Waals surface area contributed by atoms with E-state index in [1.54, 1.807) is 30.3 Å². The molecule has 0 bridgehead atoms. The summed E-state index contributed by atoms with van der Waals surface area (Å²) in [5, 5.41) is 0.721. The fourth-order valence-electron chi connectivity index (χ4n) is 1.91. The molecule has 0 aliphatic carbocycles. The van der Waals surface area contributed by atoms with Crippen molar-refractivity contribution < 1.29 is 14.3 Å². The predicted octanol–water partition coefficient (Wildman–Crippen LogP) is 5.00. The molecule has 0 amide bonds. The number of rotatable bonds is 4. The van der Waals surface area contributed by atoms with E-state index in [9.17, 15) is 4.79 Å². The van der Waals surface area contributed by atoms with Crippen LogP contribution in [-0.2, 0) is 0 Å². The van der Waals surface area contributed by atoms with Crippen LogP contribution in [0.15, 0.2) is 34.8 Å². The maximum atomic E-state index is 12.6. The second kappa shape index (κ2) is 6.69. The molecule has 0 saturated carbocycles. The first-order chi connectivity index (χ1) is 9.97. The van der Waals surface area contributed by atoms with Gasteiger partial charge in [0.1, 0.15) is 10.8 Å². The van der Waals surface area contributed by atoms with Gasteiger partial charge in [-0.1, -0.05) is 39.1 Å². The highest BCUT2D eigenvalue weighted by atomic mass is 79.9. The highest BCUT2D eigenvalue weighted by Gasteiger charge is 2.20. The van der Waals surface area contributed by atoms with Crippen LogP contribution in [-0.4, -0.2) is 20.0 Å². The van der Waals surface area contributed by atoms with Crippen LogP contribution in [0.3, 0.4) is 0 Å². The van der Waals surface area contributed by atoms with Crippen molar-refractivity contribution in [2.45, 2.75) is 0 Å². The Hall–Kier alpha value is -1.23. The minimum atomic E-state index is -0.236. The van der Waals surface area contributed by atoms with Crippen molar-refractivity contribution in [2.75, 3.05) is 14.2 Å². The third-order valence-electron chi connectivity index (χ3n) is 2.86. The van der Waals surface area contributed by atoms with Crippen molar-refractivity contribution in [2.24, 2.45) is 0 Å². The van der Waals surface area contributed by atoms with E-state index in [2.05, 4.69) is 15.9 Å². The van der Waals surface area contributed by atoms with Gasteiger partial charge in [0.05, 0.1) is 19.8 Å². The number of hydrogen-bond donors (Lipinski definition) is 0. The Kier molecular flexibility index (Phi) is 5.14. The van der Waals surface area contributed by atoms with Crippen molar-refractivity contribution in [3.8, 4) is 11.5 Å². The molecule has 0 atom stereocenters. The lowest BCUT2D eigenvalue weighted by Crippen LogP contribution is -2.05. The molecule has 0 aliphatic rings. The van der Waals surface area contributed by atoms with Gasteiger partial charge in [0.2, 0.25) is 0 Å². The van der Waals surface area contributed by atoms with Crippen molar-refractivity contribution in [1.82, 2.24) is 0 Å². The van der Waals surface area contributed by atoms with Gasteiger partial charge in [-0.3, -0.25) is 4.79 Å². The molecule has 2 aromatic rings.